The van der Waals surface area contributed by atoms with Crippen molar-refractivity contribution in [2.45, 2.75) is 6.42 Å². The molecule has 2 aliphatic heterocycles. The lowest BCUT2D eigenvalue weighted by Gasteiger charge is -2.18. The van der Waals surface area contributed by atoms with Gasteiger partial charge in [0, 0.05) is 6.42 Å². The van der Waals surface area contributed by atoms with Gasteiger partial charge >= 0.3 is 0 Å². The molecule has 0 aromatic heterocycles. The molecule has 0 saturated heterocycles. The average Bonchev–Trinajstić information content (AvgIpc) is 2.33. The van der Waals surface area contributed by atoms with Crippen molar-refractivity contribution in [2.75, 3.05) is 6.54 Å². The van der Waals surface area contributed by atoms with E-state index in [0.717, 1.165) is 5.70 Å². The van der Waals surface area contributed by atoms with Crippen molar-refractivity contribution >= 4 is 18.0 Å². The number of nitrogens with zero attached hydrogens (tertiary/aromatic N) is 2. The molecule has 0 fully saturated rings. The Morgan fingerprint density at radius 2 is 2.27 bits per heavy atom. The van der Waals surface area contributed by atoms with Gasteiger partial charge in [-0.15, -0.1) is 0 Å². The van der Waals surface area contributed by atoms with Crippen LogP contribution in [0, 0.1) is 0 Å². The Labute approximate surface area is 63.2 Å². The summed E-state index contributed by atoms with van der Waals surface area (Å²) in [6.45, 7) is 0.112. The number of rotatable bonds is 0. The summed E-state index contributed by atoms with van der Waals surface area (Å²) in [6.07, 6.45) is 3.61. The molecule has 56 valence electrons. The van der Waals surface area contributed by atoms with Crippen molar-refractivity contribution in [3.8, 4) is 0 Å². The van der Waals surface area contributed by atoms with Gasteiger partial charge in [0.2, 0.25) is 5.91 Å². The summed E-state index contributed by atoms with van der Waals surface area (Å²) in [6, 6.07) is 0. The van der Waals surface area contributed by atoms with E-state index in [1.807, 2.05) is 0 Å². The van der Waals surface area contributed by atoms with E-state index < -0.39 is 0 Å². The predicted molar refractivity (Wildman–Crippen MR) is 37.9 cm³/mol. The Balaban J connectivity index is 2.35. The molecule has 0 aliphatic carbocycles. The largest absolute Gasteiger partial charge is 0.301 e. The Kier molecular flexibility index (Phi) is 1.15. The summed E-state index contributed by atoms with van der Waals surface area (Å²) >= 11 is 0. The number of allylic oxidation sites excluding steroid dienone is 1. The van der Waals surface area contributed by atoms with E-state index in [4.69, 9.17) is 0 Å². The van der Waals surface area contributed by atoms with E-state index in [1.165, 1.54) is 11.1 Å². The van der Waals surface area contributed by atoms with Crippen molar-refractivity contribution in [3.63, 3.8) is 0 Å². The molecule has 11 heavy (non-hydrogen) atoms. The fourth-order valence-corrected chi connectivity index (χ4v) is 1.17. The van der Waals surface area contributed by atoms with Gasteiger partial charge in [0.05, 0.1) is 11.9 Å². The second kappa shape index (κ2) is 2.02. The monoisotopic (exact) mass is 150 g/mol. The lowest BCUT2D eigenvalue weighted by Crippen LogP contribution is -2.34. The van der Waals surface area contributed by atoms with Crippen LogP contribution in [-0.4, -0.2) is 29.5 Å². The van der Waals surface area contributed by atoms with Crippen LogP contribution in [0.1, 0.15) is 6.42 Å². The van der Waals surface area contributed by atoms with Crippen LogP contribution in [0.5, 0.6) is 0 Å². The smallest absolute Gasteiger partial charge is 0.265 e. The van der Waals surface area contributed by atoms with Crippen molar-refractivity contribution in [2.24, 2.45) is 4.99 Å². The zero-order valence-corrected chi connectivity index (χ0v) is 5.78. The Morgan fingerprint density at radius 1 is 1.45 bits per heavy atom. The van der Waals surface area contributed by atoms with E-state index >= 15 is 0 Å². The van der Waals surface area contributed by atoms with E-state index in [9.17, 15) is 9.59 Å². The fraction of sp³-hybridized carbons (Fsp3) is 0.286. The molecular weight excluding hydrogens is 144 g/mol. The van der Waals surface area contributed by atoms with Crippen LogP contribution >= 0.6 is 0 Å². The normalized spacial score (nSPS) is 22.2. The summed E-state index contributed by atoms with van der Waals surface area (Å²) in [7, 11) is 0. The van der Waals surface area contributed by atoms with Gasteiger partial charge < -0.3 is 4.90 Å². The van der Waals surface area contributed by atoms with Gasteiger partial charge in [-0.25, -0.2) is 4.99 Å². The lowest BCUT2D eigenvalue weighted by atomic mass is 10.4. The van der Waals surface area contributed by atoms with Crippen LogP contribution < -0.4 is 0 Å². The second-order valence-corrected chi connectivity index (χ2v) is 2.46. The van der Waals surface area contributed by atoms with Gasteiger partial charge in [0.25, 0.3) is 5.91 Å². The SMILES string of the molecule is O=C1CN2C(=O)CC=C2C=N1. The van der Waals surface area contributed by atoms with Gasteiger partial charge in [0.15, 0.2) is 0 Å². The van der Waals surface area contributed by atoms with E-state index in [1.54, 1.807) is 6.08 Å². The third kappa shape index (κ3) is 0.869. The van der Waals surface area contributed by atoms with Crippen molar-refractivity contribution < 1.29 is 9.59 Å². The molecular formula is C7H6N2O2. The number of hydrogen-bond acceptors (Lipinski definition) is 2. The maximum absolute atomic E-state index is 11.0. The van der Waals surface area contributed by atoms with Crippen LogP contribution in [0.3, 0.4) is 0 Å². The molecule has 4 heteroatoms. The van der Waals surface area contributed by atoms with Crippen LogP contribution in [0.4, 0.5) is 0 Å². The minimum absolute atomic E-state index is 0.0144. The summed E-state index contributed by atoms with van der Waals surface area (Å²) in [4.78, 5) is 26.8. The van der Waals surface area contributed by atoms with Crippen LogP contribution in [0.15, 0.2) is 16.8 Å². The van der Waals surface area contributed by atoms with Crippen LogP contribution in [0.2, 0.25) is 0 Å². The van der Waals surface area contributed by atoms with Crippen molar-refractivity contribution in [1.29, 1.82) is 0 Å². The first-order valence-corrected chi connectivity index (χ1v) is 3.35. The van der Waals surface area contributed by atoms with Crippen molar-refractivity contribution in [3.05, 3.63) is 11.8 Å². The number of aliphatic imine (C=N–C) groups is 1. The minimum atomic E-state index is -0.252. The fourth-order valence-electron chi connectivity index (χ4n) is 1.17. The molecule has 2 rings (SSSR count). The standard InChI is InChI=1S/C7H6N2O2/c10-6-4-9-5(3-8-6)1-2-7(9)11/h1,3H,2,4H2. The second-order valence-electron chi connectivity index (χ2n) is 2.46. The van der Waals surface area contributed by atoms with E-state index in [0.29, 0.717) is 6.42 Å². The topological polar surface area (TPSA) is 49.7 Å². The quantitative estimate of drug-likeness (QED) is 0.476. The molecule has 0 atom stereocenters. The highest BCUT2D eigenvalue weighted by atomic mass is 16.2. The third-order valence-corrected chi connectivity index (χ3v) is 1.73. The Hall–Kier alpha value is -1.45. The summed E-state index contributed by atoms with van der Waals surface area (Å²) < 4.78 is 0. The Bertz CT molecular complexity index is 288. The Morgan fingerprint density at radius 3 is 3.09 bits per heavy atom. The number of carbonyl (C=O) groups is 2. The number of amides is 2. The predicted octanol–water partition coefficient (Wildman–Crippen LogP) is -0.286. The number of fused-ring (bicyclic) bond motifs is 1. The van der Waals surface area contributed by atoms with Crippen LogP contribution in [-0.2, 0) is 9.59 Å². The molecule has 0 spiro atoms. The first-order valence-electron chi connectivity index (χ1n) is 3.35. The highest BCUT2D eigenvalue weighted by molar-refractivity contribution is 6.03. The maximum Gasteiger partial charge on any atom is 0.265 e. The molecule has 0 radical (unpaired) electrons. The molecule has 2 amide bonds. The number of hydrogen-bond donors (Lipinski definition) is 0. The van der Waals surface area contributed by atoms with E-state index in [-0.39, 0.29) is 18.4 Å². The first-order chi connectivity index (χ1) is 5.27. The lowest BCUT2D eigenvalue weighted by molar-refractivity contribution is -0.131. The zero-order valence-electron chi connectivity index (χ0n) is 5.78. The molecule has 0 unspecified atom stereocenters. The highest BCUT2D eigenvalue weighted by Gasteiger charge is 2.26. The molecule has 2 heterocycles. The van der Waals surface area contributed by atoms with Crippen LogP contribution in [0.25, 0.3) is 0 Å². The molecule has 0 aromatic rings. The number of carbonyl (C=O) groups excluding carboxylic acids is 2. The molecule has 0 bridgehead atoms. The molecule has 2 aliphatic rings. The van der Waals surface area contributed by atoms with Gasteiger partial charge in [-0.05, 0) is 6.08 Å². The summed E-state index contributed by atoms with van der Waals surface area (Å²) in [5.74, 6) is -0.267. The zero-order chi connectivity index (χ0) is 7.84. The third-order valence-electron chi connectivity index (χ3n) is 1.73. The van der Waals surface area contributed by atoms with Gasteiger partial charge in [-0.3, -0.25) is 9.59 Å². The summed E-state index contributed by atoms with van der Waals surface area (Å²) in [5, 5.41) is 0. The minimum Gasteiger partial charge on any atom is -0.301 e. The molecule has 0 N–H and O–H groups in total. The molecule has 4 nitrogen and oxygen atoms in total. The van der Waals surface area contributed by atoms with E-state index in [2.05, 4.69) is 4.99 Å². The van der Waals surface area contributed by atoms with Gasteiger partial charge in [0.1, 0.15) is 6.54 Å². The average molecular weight is 150 g/mol. The maximum atomic E-state index is 11.0. The first kappa shape index (κ1) is 6.27. The summed E-state index contributed by atoms with van der Waals surface area (Å²) in [5.41, 5.74) is 0.759. The molecule has 0 aromatic carbocycles. The molecule has 0 saturated carbocycles. The van der Waals surface area contributed by atoms with Gasteiger partial charge in [-0.1, -0.05) is 0 Å². The van der Waals surface area contributed by atoms with Gasteiger partial charge in [-0.2, -0.15) is 0 Å². The van der Waals surface area contributed by atoms with Crippen molar-refractivity contribution in [1.82, 2.24) is 4.90 Å². The highest BCUT2D eigenvalue weighted by Crippen LogP contribution is 2.16.